The van der Waals surface area contributed by atoms with E-state index >= 15 is 0 Å². The van der Waals surface area contributed by atoms with Gasteiger partial charge in [0.25, 0.3) is 0 Å². The fraction of sp³-hybridized carbons (Fsp3) is 0.750. The van der Waals surface area contributed by atoms with Crippen molar-refractivity contribution in [1.29, 1.82) is 0 Å². The summed E-state index contributed by atoms with van der Waals surface area (Å²) >= 11 is 1.36. The normalized spacial score (nSPS) is 23.9. The van der Waals surface area contributed by atoms with Gasteiger partial charge in [0.1, 0.15) is 5.82 Å². The number of carbonyl (C=O) groups is 2. The summed E-state index contributed by atoms with van der Waals surface area (Å²) in [5.41, 5.74) is 5.15. The Hall–Kier alpha value is -1.57. The minimum absolute atomic E-state index is 0.0348. The highest BCUT2D eigenvalue weighted by molar-refractivity contribution is 7.99. The summed E-state index contributed by atoms with van der Waals surface area (Å²) in [6.07, 6.45) is 4.19. The third-order valence-corrected chi connectivity index (χ3v) is 5.93. The summed E-state index contributed by atoms with van der Waals surface area (Å²) in [4.78, 5) is 23.1. The fourth-order valence-corrected chi connectivity index (χ4v) is 3.83. The second kappa shape index (κ2) is 8.50. The Balaban J connectivity index is 1.82. The van der Waals surface area contributed by atoms with Crippen molar-refractivity contribution >= 4 is 23.6 Å². The Morgan fingerprint density at radius 1 is 1.33 bits per heavy atom. The maximum atomic E-state index is 12.2. The monoisotopic (exact) mass is 353 g/mol. The highest BCUT2D eigenvalue weighted by Crippen LogP contribution is 2.29. The Labute approximate surface area is 147 Å². The Kier molecular flexibility index (Phi) is 6.65. The SMILES string of the molecule is C[C@H]1[C@@H](NC(=O)CSc2nnc(CCC(N)=O)n2C)CCC[C@@H]1C. The van der Waals surface area contributed by atoms with Gasteiger partial charge in [-0.25, -0.2) is 0 Å². The number of hydrogen-bond acceptors (Lipinski definition) is 5. The molecule has 0 saturated heterocycles. The van der Waals surface area contributed by atoms with E-state index in [1.807, 2.05) is 11.6 Å². The maximum absolute atomic E-state index is 12.2. The third kappa shape index (κ3) is 4.96. The maximum Gasteiger partial charge on any atom is 0.230 e. The van der Waals surface area contributed by atoms with Crippen molar-refractivity contribution in [2.45, 2.75) is 57.1 Å². The zero-order valence-corrected chi connectivity index (χ0v) is 15.4. The number of aryl methyl sites for hydroxylation is 1. The van der Waals surface area contributed by atoms with E-state index in [9.17, 15) is 9.59 Å². The smallest absolute Gasteiger partial charge is 0.230 e. The van der Waals surface area contributed by atoms with Crippen molar-refractivity contribution in [2.75, 3.05) is 5.75 Å². The van der Waals surface area contributed by atoms with Gasteiger partial charge < -0.3 is 15.6 Å². The number of primary amides is 1. The number of nitrogens with zero attached hydrogens (tertiary/aromatic N) is 3. The molecule has 1 aliphatic carbocycles. The van der Waals surface area contributed by atoms with Crippen molar-refractivity contribution in [2.24, 2.45) is 24.6 Å². The van der Waals surface area contributed by atoms with Crippen molar-refractivity contribution in [3.63, 3.8) is 0 Å². The van der Waals surface area contributed by atoms with E-state index in [1.165, 1.54) is 24.6 Å². The minimum atomic E-state index is -0.359. The number of hydrogen-bond donors (Lipinski definition) is 2. The first kappa shape index (κ1) is 18.8. The number of nitrogens with one attached hydrogen (secondary N) is 1. The first-order chi connectivity index (χ1) is 11.4. The molecule has 2 rings (SSSR count). The molecule has 0 aromatic carbocycles. The number of nitrogens with two attached hydrogens (primary N) is 1. The van der Waals surface area contributed by atoms with Gasteiger partial charge in [-0.2, -0.15) is 0 Å². The molecule has 1 aromatic heterocycles. The largest absolute Gasteiger partial charge is 0.370 e. The van der Waals surface area contributed by atoms with Gasteiger partial charge in [0, 0.05) is 25.9 Å². The molecule has 1 aliphatic rings. The van der Waals surface area contributed by atoms with Crippen LogP contribution in [0.2, 0.25) is 0 Å². The number of rotatable bonds is 7. The van der Waals surface area contributed by atoms with E-state index in [0.29, 0.717) is 35.0 Å². The lowest BCUT2D eigenvalue weighted by Gasteiger charge is -2.34. The highest BCUT2D eigenvalue weighted by Gasteiger charge is 2.28. The van der Waals surface area contributed by atoms with Crippen LogP contribution in [0.4, 0.5) is 0 Å². The van der Waals surface area contributed by atoms with Crippen LogP contribution in [0.1, 0.15) is 45.4 Å². The molecule has 0 radical (unpaired) electrons. The van der Waals surface area contributed by atoms with E-state index in [-0.39, 0.29) is 24.3 Å². The second-order valence-corrected chi connectivity index (χ2v) is 7.60. The molecule has 134 valence electrons. The number of aromatic nitrogens is 3. The summed E-state index contributed by atoms with van der Waals surface area (Å²) in [5, 5.41) is 12.0. The summed E-state index contributed by atoms with van der Waals surface area (Å²) in [5.74, 6) is 1.87. The van der Waals surface area contributed by atoms with Crippen LogP contribution in [0.5, 0.6) is 0 Å². The molecule has 1 fully saturated rings. The molecule has 1 heterocycles. The molecular formula is C16H27N5O2S. The van der Waals surface area contributed by atoms with Crippen LogP contribution >= 0.6 is 11.8 Å². The lowest BCUT2D eigenvalue weighted by atomic mass is 9.78. The lowest BCUT2D eigenvalue weighted by molar-refractivity contribution is -0.120. The molecule has 0 aliphatic heterocycles. The van der Waals surface area contributed by atoms with Crippen molar-refractivity contribution in [3.05, 3.63) is 5.82 Å². The van der Waals surface area contributed by atoms with Gasteiger partial charge >= 0.3 is 0 Å². The average Bonchev–Trinajstić information content (AvgIpc) is 2.88. The Bertz CT molecular complexity index is 589. The van der Waals surface area contributed by atoms with Gasteiger partial charge in [0.15, 0.2) is 5.16 Å². The van der Waals surface area contributed by atoms with Crippen LogP contribution in [-0.2, 0) is 23.1 Å². The molecule has 0 unspecified atom stereocenters. The van der Waals surface area contributed by atoms with Crippen LogP contribution in [0, 0.1) is 11.8 Å². The van der Waals surface area contributed by atoms with Crippen molar-refractivity contribution in [3.8, 4) is 0 Å². The van der Waals surface area contributed by atoms with Crippen LogP contribution in [0.25, 0.3) is 0 Å². The molecular weight excluding hydrogens is 326 g/mol. The van der Waals surface area contributed by atoms with E-state index in [4.69, 9.17) is 5.73 Å². The lowest BCUT2D eigenvalue weighted by Crippen LogP contribution is -2.44. The van der Waals surface area contributed by atoms with Crippen LogP contribution in [0.3, 0.4) is 0 Å². The molecule has 3 N–H and O–H groups in total. The van der Waals surface area contributed by atoms with Gasteiger partial charge in [0.2, 0.25) is 11.8 Å². The van der Waals surface area contributed by atoms with E-state index < -0.39 is 0 Å². The fourth-order valence-electron chi connectivity index (χ4n) is 3.09. The molecule has 2 amide bonds. The summed E-state index contributed by atoms with van der Waals surface area (Å²) in [7, 11) is 1.83. The van der Waals surface area contributed by atoms with Crippen molar-refractivity contribution in [1.82, 2.24) is 20.1 Å². The molecule has 8 heteroatoms. The predicted molar refractivity (Wildman–Crippen MR) is 93.4 cm³/mol. The number of carbonyl (C=O) groups excluding carboxylic acids is 2. The average molecular weight is 353 g/mol. The molecule has 0 bridgehead atoms. The van der Waals surface area contributed by atoms with E-state index in [0.717, 1.165) is 6.42 Å². The molecule has 1 aromatic rings. The number of amides is 2. The van der Waals surface area contributed by atoms with Gasteiger partial charge in [-0.1, -0.05) is 38.5 Å². The minimum Gasteiger partial charge on any atom is -0.370 e. The van der Waals surface area contributed by atoms with Crippen LogP contribution < -0.4 is 11.1 Å². The molecule has 1 saturated carbocycles. The summed E-state index contributed by atoms with van der Waals surface area (Å²) in [6.45, 7) is 4.47. The van der Waals surface area contributed by atoms with Gasteiger partial charge in [-0.05, 0) is 18.3 Å². The van der Waals surface area contributed by atoms with Gasteiger partial charge in [-0.15, -0.1) is 10.2 Å². The van der Waals surface area contributed by atoms with Gasteiger partial charge in [0.05, 0.1) is 5.75 Å². The van der Waals surface area contributed by atoms with Gasteiger partial charge in [-0.3, -0.25) is 9.59 Å². The number of thioether (sulfide) groups is 1. The zero-order valence-electron chi connectivity index (χ0n) is 14.6. The third-order valence-electron chi connectivity index (χ3n) is 4.91. The van der Waals surface area contributed by atoms with Crippen LogP contribution in [-0.4, -0.2) is 38.4 Å². The first-order valence-electron chi connectivity index (χ1n) is 8.47. The first-order valence-corrected chi connectivity index (χ1v) is 9.45. The Morgan fingerprint density at radius 2 is 2.08 bits per heavy atom. The quantitative estimate of drug-likeness (QED) is 0.719. The topological polar surface area (TPSA) is 103 Å². The standard InChI is InChI=1S/C16H27N5O2S/c1-10-5-4-6-12(11(10)2)18-15(23)9-24-16-20-19-14(21(16)3)8-7-13(17)22/h10-12H,4-9H2,1-3H3,(H2,17,22)(H,18,23)/t10-,11+,12-/m0/s1. The Morgan fingerprint density at radius 3 is 2.79 bits per heavy atom. The van der Waals surface area contributed by atoms with E-state index in [2.05, 4.69) is 29.4 Å². The predicted octanol–water partition coefficient (Wildman–Crippen LogP) is 1.27. The molecule has 7 nitrogen and oxygen atoms in total. The second-order valence-electron chi connectivity index (χ2n) is 6.65. The zero-order chi connectivity index (χ0) is 17.7. The summed E-state index contributed by atoms with van der Waals surface area (Å²) < 4.78 is 1.81. The van der Waals surface area contributed by atoms with Crippen molar-refractivity contribution < 1.29 is 9.59 Å². The highest BCUT2D eigenvalue weighted by atomic mass is 32.2. The molecule has 3 atom stereocenters. The molecule has 0 spiro atoms. The van der Waals surface area contributed by atoms with E-state index in [1.54, 1.807) is 0 Å². The summed E-state index contributed by atoms with van der Waals surface area (Å²) in [6, 6.07) is 0.271. The van der Waals surface area contributed by atoms with Crippen LogP contribution in [0.15, 0.2) is 5.16 Å². The molecule has 24 heavy (non-hydrogen) atoms.